The Morgan fingerprint density at radius 1 is 0.769 bits per heavy atom. The molecule has 0 aliphatic carbocycles. The third kappa shape index (κ3) is 3.79. The van der Waals surface area contributed by atoms with Crippen molar-refractivity contribution in [1.29, 1.82) is 0 Å². The fourth-order valence-electron chi connectivity index (χ4n) is 2.39. The molecular formula is C18H11ClF2N2O2S. The largest absolute Gasteiger partial charge is 0.261 e. The molecule has 4 rings (SSSR count). The van der Waals surface area contributed by atoms with Crippen LogP contribution < -0.4 is 0 Å². The predicted octanol–water partition coefficient (Wildman–Crippen LogP) is 4.68. The highest BCUT2D eigenvalue weighted by Gasteiger charge is 2.16. The molecule has 0 fully saturated rings. The molecule has 0 radical (unpaired) electrons. The zero-order valence-corrected chi connectivity index (χ0v) is 14.7. The van der Waals surface area contributed by atoms with Crippen LogP contribution in [0.25, 0.3) is 21.8 Å². The number of halogens is 3. The Morgan fingerprint density at radius 3 is 2.08 bits per heavy atom. The lowest BCUT2D eigenvalue weighted by molar-refractivity contribution is 0.609. The van der Waals surface area contributed by atoms with Crippen LogP contribution in [0.4, 0.5) is 8.78 Å². The molecule has 0 saturated heterocycles. The van der Waals surface area contributed by atoms with Gasteiger partial charge in [-0.1, -0.05) is 18.2 Å². The van der Waals surface area contributed by atoms with Crippen molar-refractivity contribution in [3.63, 3.8) is 0 Å². The molecular weight excluding hydrogens is 382 g/mol. The maximum Gasteiger partial charge on any atom is 0.261 e. The fourth-order valence-corrected chi connectivity index (χ4v) is 3.45. The first kappa shape index (κ1) is 18.2. The van der Waals surface area contributed by atoms with Crippen LogP contribution in [0.5, 0.6) is 0 Å². The molecule has 2 heterocycles. The molecule has 0 atom stereocenters. The number of hydrogen-bond donors (Lipinski definition) is 0. The number of hydrogen-bond acceptors (Lipinski definition) is 4. The van der Waals surface area contributed by atoms with Gasteiger partial charge in [-0.15, -0.1) is 0 Å². The molecule has 4 nitrogen and oxygen atoms in total. The lowest BCUT2D eigenvalue weighted by Crippen LogP contribution is -1.94. The zero-order chi connectivity index (χ0) is 18.7. The Labute approximate surface area is 152 Å². The minimum atomic E-state index is -3.88. The van der Waals surface area contributed by atoms with E-state index in [-0.39, 0.29) is 21.6 Å². The molecule has 2 aromatic carbocycles. The number of benzene rings is 2. The number of nitrogens with zero attached hydrogens (tertiary/aromatic N) is 2. The van der Waals surface area contributed by atoms with Crippen LogP contribution in [-0.2, 0) is 9.05 Å². The van der Waals surface area contributed by atoms with Crippen molar-refractivity contribution < 1.29 is 17.2 Å². The first-order valence-corrected chi connectivity index (χ1v) is 9.66. The van der Waals surface area contributed by atoms with E-state index < -0.39 is 14.9 Å². The molecule has 0 unspecified atom stereocenters. The van der Waals surface area contributed by atoms with Gasteiger partial charge in [-0.05, 0) is 36.4 Å². The molecule has 26 heavy (non-hydrogen) atoms. The van der Waals surface area contributed by atoms with E-state index in [1.807, 2.05) is 12.1 Å². The van der Waals surface area contributed by atoms with Gasteiger partial charge in [0.1, 0.15) is 22.7 Å². The first-order chi connectivity index (χ1) is 12.4. The second-order valence-electron chi connectivity index (χ2n) is 5.20. The van der Waals surface area contributed by atoms with E-state index >= 15 is 0 Å². The monoisotopic (exact) mass is 392 g/mol. The van der Waals surface area contributed by atoms with Gasteiger partial charge < -0.3 is 0 Å². The van der Waals surface area contributed by atoms with Gasteiger partial charge in [0.15, 0.2) is 0 Å². The summed E-state index contributed by atoms with van der Waals surface area (Å²) < 4.78 is 48.5. The SMILES string of the molecule is Fc1cccc2cccnc12.O=S(=O)(Cl)c1ccc(F)c2ncccc12. The molecule has 0 aliphatic rings. The highest BCUT2D eigenvalue weighted by molar-refractivity contribution is 8.14. The van der Waals surface area contributed by atoms with Gasteiger partial charge in [-0.3, -0.25) is 9.97 Å². The van der Waals surface area contributed by atoms with Crippen LogP contribution in [-0.4, -0.2) is 18.4 Å². The Hall–Kier alpha value is -2.64. The van der Waals surface area contributed by atoms with E-state index in [4.69, 9.17) is 10.7 Å². The molecule has 4 aromatic rings. The van der Waals surface area contributed by atoms with E-state index in [2.05, 4.69) is 9.97 Å². The smallest absolute Gasteiger partial charge is 0.253 e. The lowest BCUT2D eigenvalue weighted by atomic mass is 10.2. The van der Waals surface area contributed by atoms with Crippen LogP contribution in [0.2, 0.25) is 0 Å². The van der Waals surface area contributed by atoms with Gasteiger partial charge in [0, 0.05) is 33.8 Å². The number of para-hydroxylation sites is 1. The van der Waals surface area contributed by atoms with Gasteiger partial charge >= 0.3 is 0 Å². The van der Waals surface area contributed by atoms with Gasteiger partial charge in [0.25, 0.3) is 9.05 Å². The number of fused-ring (bicyclic) bond motifs is 2. The van der Waals surface area contributed by atoms with E-state index in [1.165, 1.54) is 24.4 Å². The number of rotatable bonds is 1. The summed E-state index contributed by atoms with van der Waals surface area (Å²) in [6.07, 6.45) is 2.97. The van der Waals surface area contributed by atoms with Gasteiger partial charge in [-0.25, -0.2) is 17.2 Å². The normalized spacial score (nSPS) is 11.2. The summed E-state index contributed by atoms with van der Waals surface area (Å²) in [5.41, 5.74) is 0.439. The molecule has 0 saturated carbocycles. The third-order valence-corrected chi connectivity index (χ3v) is 4.91. The molecule has 0 amide bonds. The minimum absolute atomic E-state index is 0.000718. The number of pyridine rings is 2. The number of aromatic nitrogens is 2. The van der Waals surface area contributed by atoms with E-state index in [1.54, 1.807) is 18.3 Å². The van der Waals surface area contributed by atoms with Crippen LogP contribution in [0.1, 0.15) is 0 Å². The molecule has 2 aromatic heterocycles. The van der Waals surface area contributed by atoms with Crippen molar-refractivity contribution >= 4 is 41.5 Å². The van der Waals surface area contributed by atoms with Gasteiger partial charge in [-0.2, -0.15) is 0 Å². The molecule has 0 bridgehead atoms. The van der Waals surface area contributed by atoms with Gasteiger partial charge in [0.2, 0.25) is 0 Å². The summed E-state index contributed by atoms with van der Waals surface area (Å²) in [7, 11) is 1.33. The van der Waals surface area contributed by atoms with Crippen LogP contribution >= 0.6 is 10.7 Å². The molecule has 0 aliphatic heterocycles. The van der Waals surface area contributed by atoms with Crippen LogP contribution in [0.3, 0.4) is 0 Å². The highest BCUT2D eigenvalue weighted by atomic mass is 35.7. The maximum atomic E-state index is 13.3. The van der Waals surface area contributed by atoms with Crippen molar-refractivity contribution in [1.82, 2.24) is 9.97 Å². The molecule has 0 spiro atoms. The zero-order valence-electron chi connectivity index (χ0n) is 13.1. The summed E-state index contributed by atoms with van der Waals surface area (Å²) in [4.78, 5) is 7.53. The second kappa shape index (κ2) is 7.31. The van der Waals surface area contributed by atoms with Crippen molar-refractivity contribution in [3.8, 4) is 0 Å². The first-order valence-electron chi connectivity index (χ1n) is 7.35. The summed E-state index contributed by atoms with van der Waals surface area (Å²) in [5, 5.41) is 1.03. The average molecular weight is 393 g/mol. The summed E-state index contributed by atoms with van der Waals surface area (Å²) in [5.74, 6) is -0.835. The molecule has 0 N–H and O–H groups in total. The van der Waals surface area contributed by atoms with Crippen molar-refractivity contribution in [2.75, 3.05) is 0 Å². The van der Waals surface area contributed by atoms with Crippen LogP contribution in [0, 0.1) is 11.6 Å². The van der Waals surface area contributed by atoms with E-state index in [9.17, 15) is 17.2 Å². The average Bonchev–Trinajstić information content (AvgIpc) is 2.62. The Bertz CT molecular complexity index is 1190. The van der Waals surface area contributed by atoms with Crippen molar-refractivity contribution in [2.24, 2.45) is 0 Å². The maximum absolute atomic E-state index is 13.3. The Balaban J connectivity index is 0.000000158. The molecule has 132 valence electrons. The lowest BCUT2D eigenvalue weighted by Gasteiger charge is -2.02. The summed E-state index contributed by atoms with van der Waals surface area (Å²) in [6, 6.07) is 13.7. The van der Waals surface area contributed by atoms with Crippen molar-refractivity contribution in [3.05, 3.63) is 78.6 Å². The van der Waals surface area contributed by atoms with E-state index in [0.29, 0.717) is 5.52 Å². The second-order valence-corrected chi connectivity index (χ2v) is 7.73. The van der Waals surface area contributed by atoms with Gasteiger partial charge in [0.05, 0.1) is 4.90 Å². The van der Waals surface area contributed by atoms with E-state index in [0.717, 1.165) is 17.5 Å². The minimum Gasteiger partial charge on any atom is -0.253 e. The summed E-state index contributed by atoms with van der Waals surface area (Å²) in [6.45, 7) is 0. The third-order valence-electron chi connectivity index (χ3n) is 3.53. The highest BCUT2D eigenvalue weighted by Crippen LogP contribution is 2.26. The standard InChI is InChI=1S/C9H5ClFNO2S.C9H6FN/c10-15(13,14)8-4-3-7(11)9-6(8)2-1-5-12-9;10-8-5-1-3-7-4-2-6-11-9(7)8/h1-5H;1-6H. The summed E-state index contributed by atoms with van der Waals surface area (Å²) >= 11 is 0. The Morgan fingerprint density at radius 2 is 1.38 bits per heavy atom. The quantitative estimate of drug-likeness (QED) is 0.441. The van der Waals surface area contributed by atoms with Crippen molar-refractivity contribution in [2.45, 2.75) is 4.90 Å². The topological polar surface area (TPSA) is 59.9 Å². The Kier molecular flexibility index (Phi) is 5.11. The predicted molar refractivity (Wildman–Crippen MR) is 96.4 cm³/mol. The van der Waals surface area contributed by atoms with Crippen LogP contribution in [0.15, 0.2) is 71.9 Å². The molecule has 8 heteroatoms. The fraction of sp³-hybridized carbons (Fsp3) is 0.